The zero-order chi connectivity index (χ0) is 22.7. The first kappa shape index (κ1) is 21.8. The molecule has 5 nitrogen and oxygen atoms in total. The van der Waals surface area contributed by atoms with Gasteiger partial charge in [-0.1, -0.05) is 36.4 Å². The summed E-state index contributed by atoms with van der Waals surface area (Å²) in [4.78, 5) is 28.1. The molecule has 3 aromatic carbocycles. The zero-order valence-corrected chi connectivity index (χ0v) is 18.3. The Hall–Kier alpha value is -3.41. The van der Waals surface area contributed by atoms with Crippen LogP contribution in [0, 0.1) is 11.7 Å². The van der Waals surface area contributed by atoms with Crippen molar-refractivity contribution in [2.24, 2.45) is 5.92 Å². The number of ether oxygens (including phenoxy) is 1. The van der Waals surface area contributed by atoms with E-state index in [0.717, 1.165) is 34.9 Å². The van der Waals surface area contributed by atoms with E-state index in [1.165, 1.54) is 12.1 Å². The van der Waals surface area contributed by atoms with Crippen molar-refractivity contribution in [2.75, 3.05) is 20.2 Å². The number of carbonyl (C=O) groups is 2. The maximum Gasteiger partial charge on any atom is 0.254 e. The van der Waals surface area contributed by atoms with E-state index in [-0.39, 0.29) is 29.6 Å². The molecule has 4 rings (SSSR count). The first-order valence-electron chi connectivity index (χ1n) is 10.9. The summed E-state index contributed by atoms with van der Waals surface area (Å²) in [5.74, 6) is -0.0189. The molecule has 1 aliphatic heterocycles. The fourth-order valence-electron chi connectivity index (χ4n) is 4.35. The molecule has 1 aliphatic rings. The lowest BCUT2D eigenvalue weighted by atomic mass is 9.95. The molecule has 2 amide bonds. The van der Waals surface area contributed by atoms with Gasteiger partial charge in [0.05, 0.1) is 19.1 Å². The van der Waals surface area contributed by atoms with Gasteiger partial charge >= 0.3 is 0 Å². The summed E-state index contributed by atoms with van der Waals surface area (Å²) in [6.07, 6.45) is 1.50. The summed E-state index contributed by atoms with van der Waals surface area (Å²) in [6.45, 7) is 2.87. The lowest BCUT2D eigenvalue weighted by molar-refractivity contribution is -0.127. The number of nitrogens with zero attached hydrogens (tertiary/aromatic N) is 1. The van der Waals surface area contributed by atoms with Gasteiger partial charge in [-0.05, 0) is 55.0 Å². The SMILES string of the molecule is COc1ccc(C(=O)N2CCC[C@H](C(=O)N[C@@H](C)c3ccc(F)cc3)C2)c2ccccc12. The molecule has 0 saturated carbocycles. The lowest BCUT2D eigenvalue weighted by Gasteiger charge is -2.33. The maximum atomic E-state index is 13.4. The van der Waals surface area contributed by atoms with Crippen molar-refractivity contribution < 1.29 is 18.7 Å². The second-order valence-electron chi connectivity index (χ2n) is 8.23. The van der Waals surface area contributed by atoms with Crippen LogP contribution in [0.25, 0.3) is 10.8 Å². The maximum absolute atomic E-state index is 13.4. The van der Waals surface area contributed by atoms with Gasteiger partial charge in [0.1, 0.15) is 11.6 Å². The van der Waals surface area contributed by atoms with Crippen LogP contribution in [-0.2, 0) is 4.79 Å². The second kappa shape index (κ2) is 9.39. The minimum absolute atomic E-state index is 0.0760. The van der Waals surface area contributed by atoms with Gasteiger partial charge in [0.25, 0.3) is 5.91 Å². The highest BCUT2D eigenvalue weighted by Gasteiger charge is 2.30. The Morgan fingerprint density at radius 2 is 1.78 bits per heavy atom. The van der Waals surface area contributed by atoms with E-state index in [4.69, 9.17) is 4.74 Å². The minimum atomic E-state index is -0.306. The third-order valence-electron chi connectivity index (χ3n) is 6.14. The van der Waals surface area contributed by atoms with Crippen LogP contribution in [0.15, 0.2) is 60.7 Å². The fourth-order valence-corrected chi connectivity index (χ4v) is 4.35. The molecule has 0 bridgehead atoms. The Morgan fingerprint density at radius 1 is 1.06 bits per heavy atom. The average Bonchev–Trinajstić information content (AvgIpc) is 2.83. The van der Waals surface area contributed by atoms with E-state index >= 15 is 0 Å². The molecular weight excluding hydrogens is 407 g/mol. The van der Waals surface area contributed by atoms with Crippen molar-refractivity contribution in [3.05, 3.63) is 77.6 Å². The smallest absolute Gasteiger partial charge is 0.254 e. The monoisotopic (exact) mass is 434 g/mol. The number of likely N-dealkylation sites (tertiary alicyclic amines) is 1. The van der Waals surface area contributed by atoms with Crippen molar-refractivity contribution in [1.29, 1.82) is 0 Å². The number of methoxy groups -OCH3 is 1. The number of benzene rings is 3. The lowest BCUT2D eigenvalue weighted by Crippen LogP contribution is -2.45. The number of halogens is 1. The highest BCUT2D eigenvalue weighted by molar-refractivity contribution is 6.08. The summed E-state index contributed by atoms with van der Waals surface area (Å²) in [7, 11) is 1.62. The normalized spacial score (nSPS) is 17.1. The summed E-state index contributed by atoms with van der Waals surface area (Å²) < 4.78 is 18.6. The summed E-state index contributed by atoms with van der Waals surface area (Å²) >= 11 is 0. The van der Waals surface area contributed by atoms with Crippen LogP contribution >= 0.6 is 0 Å². The van der Waals surface area contributed by atoms with E-state index in [2.05, 4.69) is 5.32 Å². The van der Waals surface area contributed by atoms with Crippen LogP contribution in [0.5, 0.6) is 5.75 Å². The first-order chi connectivity index (χ1) is 15.5. The van der Waals surface area contributed by atoms with Crippen molar-refractivity contribution >= 4 is 22.6 Å². The molecule has 1 fully saturated rings. The third-order valence-corrected chi connectivity index (χ3v) is 6.14. The van der Waals surface area contributed by atoms with Crippen molar-refractivity contribution in [1.82, 2.24) is 10.2 Å². The van der Waals surface area contributed by atoms with Crippen LogP contribution in [0.2, 0.25) is 0 Å². The van der Waals surface area contributed by atoms with Gasteiger partial charge in [-0.3, -0.25) is 9.59 Å². The second-order valence-corrected chi connectivity index (χ2v) is 8.23. The van der Waals surface area contributed by atoms with E-state index in [1.54, 1.807) is 30.2 Å². The van der Waals surface area contributed by atoms with Gasteiger partial charge in [0, 0.05) is 24.0 Å². The van der Waals surface area contributed by atoms with E-state index in [1.807, 2.05) is 37.3 Å². The fraction of sp³-hybridized carbons (Fsp3) is 0.308. The molecule has 6 heteroatoms. The Kier molecular flexibility index (Phi) is 6.40. The zero-order valence-electron chi connectivity index (χ0n) is 18.3. The molecule has 166 valence electrons. The van der Waals surface area contributed by atoms with Gasteiger partial charge in [0.2, 0.25) is 5.91 Å². The Labute approximate surface area is 187 Å². The number of nitrogens with one attached hydrogen (secondary N) is 1. The third kappa shape index (κ3) is 4.44. The first-order valence-corrected chi connectivity index (χ1v) is 10.9. The molecule has 32 heavy (non-hydrogen) atoms. The van der Waals surface area contributed by atoms with Gasteiger partial charge in [-0.2, -0.15) is 0 Å². The van der Waals surface area contributed by atoms with Gasteiger partial charge < -0.3 is 15.0 Å². The molecule has 1 heterocycles. The Balaban J connectivity index is 1.48. The molecule has 0 radical (unpaired) electrons. The minimum Gasteiger partial charge on any atom is -0.496 e. The van der Waals surface area contributed by atoms with Crippen LogP contribution in [0.4, 0.5) is 4.39 Å². The highest BCUT2D eigenvalue weighted by atomic mass is 19.1. The van der Waals surface area contributed by atoms with Gasteiger partial charge in [0.15, 0.2) is 0 Å². The number of fused-ring (bicyclic) bond motifs is 1. The molecular formula is C26H27FN2O3. The molecule has 3 aromatic rings. The van der Waals surface area contributed by atoms with Gasteiger partial charge in [-0.15, -0.1) is 0 Å². The standard InChI is InChI=1S/C26H27FN2O3/c1-17(18-9-11-20(27)12-10-18)28-25(30)19-6-5-15-29(16-19)26(31)23-13-14-24(32-2)22-8-4-3-7-21(22)23/h3-4,7-14,17,19H,5-6,15-16H2,1-2H3,(H,28,30)/t17-,19-/m0/s1. The number of piperidine rings is 1. The molecule has 0 unspecified atom stereocenters. The highest BCUT2D eigenvalue weighted by Crippen LogP contribution is 2.30. The Morgan fingerprint density at radius 3 is 2.50 bits per heavy atom. The molecule has 0 aliphatic carbocycles. The number of hydrogen-bond acceptors (Lipinski definition) is 3. The summed E-state index contributed by atoms with van der Waals surface area (Å²) in [5, 5.41) is 4.74. The number of rotatable bonds is 5. The topological polar surface area (TPSA) is 58.6 Å². The van der Waals surface area contributed by atoms with Crippen molar-refractivity contribution in [3.8, 4) is 5.75 Å². The van der Waals surface area contributed by atoms with Crippen LogP contribution < -0.4 is 10.1 Å². The largest absolute Gasteiger partial charge is 0.496 e. The molecule has 1 saturated heterocycles. The molecule has 2 atom stereocenters. The quantitative estimate of drug-likeness (QED) is 0.632. The predicted octanol–water partition coefficient (Wildman–Crippen LogP) is 4.72. The Bertz CT molecular complexity index is 1130. The summed E-state index contributed by atoms with van der Waals surface area (Å²) in [5.41, 5.74) is 1.45. The molecule has 1 N–H and O–H groups in total. The van der Waals surface area contributed by atoms with E-state index in [9.17, 15) is 14.0 Å². The van der Waals surface area contributed by atoms with E-state index < -0.39 is 0 Å². The van der Waals surface area contributed by atoms with Crippen molar-refractivity contribution in [3.63, 3.8) is 0 Å². The molecule has 0 spiro atoms. The number of carbonyl (C=O) groups excluding carboxylic acids is 2. The predicted molar refractivity (Wildman–Crippen MR) is 122 cm³/mol. The van der Waals surface area contributed by atoms with Crippen molar-refractivity contribution in [2.45, 2.75) is 25.8 Å². The van der Waals surface area contributed by atoms with Crippen LogP contribution in [0.1, 0.15) is 41.7 Å². The molecule has 0 aromatic heterocycles. The number of amides is 2. The average molecular weight is 435 g/mol. The van der Waals surface area contributed by atoms with Crippen LogP contribution in [-0.4, -0.2) is 36.9 Å². The van der Waals surface area contributed by atoms with Gasteiger partial charge in [-0.25, -0.2) is 4.39 Å². The van der Waals surface area contributed by atoms with Crippen LogP contribution in [0.3, 0.4) is 0 Å². The summed E-state index contributed by atoms with van der Waals surface area (Å²) in [6, 6.07) is 17.2. The number of hydrogen-bond donors (Lipinski definition) is 1. The van der Waals surface area contributed by atoms with E-state index in [0.29, 0.717) is 18.7 Å².